The number of nitrogens with zero attached hydrogens (tertiary/aromatic N) is 4. The average molecular weight is 464 g/mol. The summed E-state index contributed by atoms with van der Waals surface area (Å²) in [4.78, 5) is 21.9. The van der Waals surface area contributed by atoms with Gasteiger partial charge in [-0.3, -0.25) is 14.4 Å². The molecule has 0 radical (unpaired) electrons. The van der Waals surface area contributed by atoms with E-state index in [1.807, 2.05) is 67.5 Å². The Labute approximate surface area is 195 Å². The Kier molecular flexibility index (Phi) is 5.99. The molecule has 164 valence electrons. The molecule has 0 saturated carbocycles. The van der Waals surface area contributed by atoms with Crippen molar-refractivity contribution in [3.8, 4) is 10.6 Å². The monoisotopic (exact) mass is 463 g/mol. The number of hydrogen-bond acceptors (Lipinski definition) is 6. The Bertz CT molecular complexity index is 1260. The van der Waals surface area contributed by atoms with E-state index < -0.39 is 0 Å². The van der Waals surface area contributed by atoms with Crippen LogP contribution >= 0.6 is 23.1 Å². The lowest BCUT2D eigenvalue weighted by Gasteiger charge is -2.27. The summed E-state index contributed by atoms with van der Waals surface area (Å²) in [5, 5.41) is 10.5. The molecule has 1 aliphatic rings. The van der Waals surface area contributed by atoms with Crippen molar-refractivity contribution in [2.24, 2.45) is 7.05 Å². The zero-order valence-corrected chi connectivity index (χ0v) is 19.8. The Balaban J connectivity index is 1.51. The standard InChI is InChI=1S/C24H25N5OS2/c1-16-22-18(14-20(21-8-5-11-32-21)25-23(22)28(2)27-16)24(30)26-19-7-4-3-6-17(19)15-29-9-12-31-13-10-29/h3-8,11,14H,9-10,12-13,15H2,1-2H3,(H,26,30). The number of hydrogen-bond donors (Lipinski definition) is 1. The van der Waals surface area contributed by atoms with Crippen LogP contribution in [-0.2, 0) is 13.6 Å². The highest BCUT2D eigenvalue weighted by molar-refractivity contribution is 7.99. The van der Waals surface area contributed by atoms with Crippen molar-refractivity contribution in [1.29, 1.82) is 0 Å². The SMILES string of the molecule is Cc1nn(C)c2nc(-c3cccs3)cc(C(=O)Nc3ccccc3CN3CCSCC3)c12. The summed E-state index contributed by atoms with van der Waals surface area (Å²) < 4.78 is 1.75. The van der Waals surface area contributed by atoms with Crippen molar-refractivity contribution in [3.63, 3.8) is 0 Å². The highest BCUT2D eigenvalue weighted by Crippen LogP contribution is 2.30. The molecule has 0 spiro atoms. The first-order chi connectivity index (χ1) is 15.6. The van der Waals surface area contributed by atoms with Crippen LogP contribution in [0.4, 0.5) is 5.69 Å². The Morgan fingerprint density at radius 1 is 1.16 bits per heavy atom. The van der Waals surface area contributed by atoms with Gasteiger partial charge < -0.3 is 5.32 Å². The lowest BCUT2D eigenvalue weighted by Crippen LogP contribution is -2.32. The number of nitrogens with one attached hydrogen (secondary N) is 1. The average Bonchev–Trinajstić information content (AvgIpc) is 3.44. The second-order valence-electron chi connectivity index (χ2n) is 7.94. The Hall–Kier alpha value is -2.68. The maximum absolute atomic E-state index is 13.6. The van der Waals surface area contributed by atoms with Crippen LogP contribution in [0.2, 0.25) is 0 Å². The van der Waals surface area contributed by atoms with Crippen LogP contribution < -0.4 is 5.32 Å². The van der Waals surface area contributed by atoms with E-state index >= 15 is 0 Å². The Morgan fingerprint density at radius 3 is 2.75 bits per heavy atom. The first kappa shape index (κ1) is 21.2. The first-order valence-corrected chi connectivity index (χ1v) is 12.7. The third-order valence-corrected chi connectivity index (χ3v) is 7.59. The van der Waals surface area contributed by atoms with Gasteiger partial charge in [0.1, 0.15) is 0 Å². The molecule has 0 bridgehead atoms. The summed E-state index contributed by atoms with van der Waals surface area (Å²) in [5.74, 6) is 2.19. The van der Waals surface area contributed by atoms with Crippen LogP contribution in [0.15, 0.2) is 47.8 Å². The van der Waals surface area contributed by atoms with Gasteiger partial charge in [-0.1, -0.05) is 24.3 Å². The second-order valence-corrected chi connectivity index (χ2v) is 10.1. The predicted molar refractivity (Wildman–Crippen MR) is 134 cm³/mol. The lowest BCUT2D eigenvalue weighted by atomic mass is 10.1. The molecule has 1 saturated heterocycles. The second kappa shape index (κ2) is 9.05. The van der Waals surface area contributed by atoms with E-state index in [-0.39, 0.29) is 5.91 Å². The molecule has 1 N–H and O–H groups in total. The van der Waals surface area contributed by atoms with E-state index in [0.29, 0.717) is 5.56 Å². The third-order valence-electron chi connectivity index (χ3n) is 5.75. The van der Waals surface area contributed by atoms with E-state index in [9.17, 15) is 4.79 Å². The van der Waals surface area contributed by atoms with Crippen molar-refractivity contribution in [3.05, 3.63) is 64.7 Å². The van der Waals surface area contributed by atoms with Crippen molar-refractivity contribution in [1.82, 2.24) is 19.7 Å². The lowest BCUT2D eigenvalue weighted by molar-refractivity contribution is 0.102. The minimum absolute atomic E-state index is 0.132. The van der Waals surface area contributed by atoms with E-state index in [2.05, 4.69) is 21.4 Å². The fraction of sp³-hybridized carbons (Fsp3) is 0.292. The molecule has 4 heterocycles. The van der Waals surface area contributed by atoms with Crippen molar-refractivity contribution >= 4 is 45.7 Å². The molecular weight excluding hydrogens is 438 g/mol. The Morgan fingerprint density at radius 2 is 1.97 bits per heavy atom. The minimum Gasteiger partial charge on any atom is -0.322 e. The highest BCUT2D eigenvalue weighted by Gasteiger charge is 2.21. The van der Waals surface area contributed by atoms with E-state index in [1.165, 1.54) is 0 Å². The van der Waals surface area contributed by atoms with Gasteiger partial charge in [-0.15, -0.1) is 11.3 Å². The molecule has 3 aromatic heterocycles. The summed E-state index contributed by atoms with van der Waals surface area (Å²) in [5.41, 5.74) is 4.92. The van der Waals surface area contributed by atoms with Gasteiger partial charge in [-0.05, 0) is 36.1 Å². The molecule has 0 atom stereocenters. The van der Waals surface area contributed by atoms with Gasteiger partial charge >= 0.3 is 0 Å². The van der Waals surface area contributed by atoms with Gasteiger partial charge in [-0.2, -0.15) is 16.9 Å². The fourth-order valence-corrected chi connectivity index (χ4v) is 5.81. The summed E-state index contributed by atoms with van der Waals surface area (Å²) >= 11 is 3.61. The number of carbonyl (C=O) groups excluding carboxylic acids is 1. The van der Waals surface area contributed by atoms with Gasteiger partial charge in [0.15, 0.2) is 5.65 Å². The van der Waals surface area contributed by atoms with Gasteiger partial charge in [-0.25, -0.2) is 4.98 Å². The zero-order valence-electron chi connectivity index (χ0n) is 18.2. The van der Waals surface area contributed by atoms with Gasteiger partial charge in [0.05, 0.1) is 27.2 Å². The maximum atomic E-state index is 13.6. The summed E-state index contributed by atoms with van der Waals surface area (Å²) in [7, 11) is 1.87. The molecule has 5 rings (SSSR count). The normalized spacial score (nSPS) is 14.7. The van der Waals surface area contributed by atoms with Crippen LogP contribution in [0, 0.1) is 6.92 Å². The van der Waals surface area contributed by atoms with Crippen LogP contribution in [0.3, 0.4) is 0 Å². The number of anilines is 1. The summed E-state index contributed by atoms with van der Waals surface area (Å²) in [6.45, 7) is 4.93. The number of thiophene rings is 1. The number of carbonyl (C=O) groups is 1. The largest absolute Gasteiger partial charge is 0.322 e. The number of amides is 1. The number of benzene rings is 1. The number of aromatic nitrogens is 3. The molecular formula is C24H25N5OS2. The van der Waals surface area contributed by atoms with Gasteiger partial charge in [0, 0.05) is 43.9 Å². The molecule has 1 fully saturated rings. The molecule has 6 nitrogen and oxygen atoms in total. The number of pyridine rings is 1. The zero-order chi connectivity index (χ0) is 22.1. The molecule has 32 heavy (non-hydrogen) atoms. The van der Waals surface area contributed by atoms with Gasteiger partial charge in [0.2, 0.25) is 0 Å². The van der Waals surface area contributed by atoms with Crippen LogP contribution in [0.25, 0.3) is 21.6 Å². The van der Waals surface area contributed by atoms with E-state index in [1.54, 1.807) is 16.0 Å². The fourth-order valence-electron chi connectivity index (χ4n) is 4.14. The predicted octanol–water partition coefficient (Wildman–Crippen LogP) is 4.81. The highest BCUT2D eigenvalue weighted by atomic mass is 32.2. The van der Waals surface area contributed by atoms with Crippen molar-refractivity contribution < 1.29 is 4.79 Å². The number of fused-ring (bicyclic) bond motifs is 1. The summed E-state index contributed by atoms with van der Waals surface area (Å²) in [6.07, 6.45) is 0. The molecule has 1 aliphatic heterocycles. The molecule has 1 aromatic carbocycles. The van der Waals surface area contributed by atoms with Gasteiger partial charge in [0.25, 0.3) is 5.91 Å². The van der Waals surface area contributed by atoms with E-state index in [4.69, 9.17) is 4.98 Å². The molecule has 0 unspecified atom stereocenters. The molecule has 4 aromatic rings. The number of rotatable bonds is 5. The van der Waals surface area contributed by atoms with Crippen LogP contribution in [0.5, 0.6) is 0 Å². The topological polar surface area (TPSA) is 63.1 Å². The first-order valence-electron chi connectivity index (χ1n) is 10.7. The maximum Gasteiger partial charge on any atom is 0.256 e. The number of thioether (sulfide) groups is 1. The van der Waals surface area contributed by atoms with Crippen LogP contribution in [-0.4, -0.2) is 50.2 Å². The number of para-hydroxylation sites is 1. The van der Waals surface area contributed by atoms with E-state index in [0.717, 1.165) is 69.7 Å². The van der Waals surface area contributed by atoms with Crippen molar-refractivity contribution in [2.45, 2.75) is 13.5 Å². The summed E-state index contributed by atoms with van der Waals surface area (Å²) in [6, 6.07) is 14.0. The minimum atomic E-state index is -0.132. The van der Waals surface area contributed by atoms with Crippen LogP contribution in [0.1, 0.15) is 21.6 Å². The van der Waals surface area contributed by atoms with Crippen molar-refractivity contribution in [2.75, 3.05) is 29.9 Å². The third kappa shape index (κ3) is 4.18. The molecule has 8 heteroatoms. The quantitative estimate of drug-likeness (QED) is 0.460. The molecule has 0 aliphatic carbocycles. The smallest absolute Gasteiger partial charge is 0.256 e. The number of aryl methyl sites for hydroxylation is 2. The molecule has 1 amide bonds.